The number of halogens is 5. The van der Waals surface area contributed by atoms with E-state index in [4.69, 9.17) is 23.2 Å². The van der Waals surface area contributed by atoms with Crippen molar-refractivity contribution >= 4 is 50.3 Å². The third kappa shape index (κ3) is 2.52. The summed E-state index contributed by atoms with van der Waals surface area (Å²) in [5.74, 6) is -0.997. The Hall–Kier alpha value is -1.24. The molecule has 0 fully saturated rings. The summed E-state index contributed by atoms with van der Waals surface area (Å²) < 4.78 is 29.1. The molecular weight excluding hydrogens is 387 g/mol. The second kappa shape index (κ2) is 5.51. The molecule has 3 nitrogen and oxygen atoms in total. The summed E-state index contributed by atoms with van der Waals surface area (Å²) in [6, 6.07) is 3.71. The van der Waals surface area contributed by atoms with E-state index in [-0.39, 0.29) is 16.0 Å². The van der Waals surface area contributed by atoms with Crippen molar-refractivity contribution in [3.63, 3.8) is 0 Å². The molecule has 2 heterocycles. The van der Waals surface area contributed by atoms with Crippen molar-refractivity contribution < 1.29 is 8.78 Å². The van der Waals surface area contributed by atoms with Gasteiger partial charge in [-0.25, -0.2) is 18.7 Å². The van der Waals surface area contributed by atoms with E-state index in [9.17, 15) is 8.78 Å². The van der Waals surface area contributed by atoms with E-state index in [1.54, 1.807) is 6.07 Å². The lowest BCUT2D eigenvalue weighted by Gasteiger charge is -2.09. The molecule has 0 N–H and O–H groups in total. The van der Waals surface area contributed by atoms with Gasteiger partial charge in [0.05, 0.1) is 21.1 Å². The zero-order valence-electron chi connectivity index (χ0n) is 10.2. The van der Waals surface area contributed by atoms with Crippen molar-refractivity contribution in [2.75, 3.05) is 0 Å². The van der Waals surface area contributed by atoms with Gasteiger partial charge < -0.3 is 0 Å². The molecule has 0 aliphatic carbocycles. The fourth-order valence-corrected chi connectivity index (χ4v) is 2.68. The van der Waals surface area contributed by atoms with E-state index in [1.807, 2.05) is 0 Å². The van der Waals surface area contributed by atoms with Crippen LogP contribution in [0.3, 0.4) is 0 Å². The fraction of sp³-hybridized carbons (Fsp3) is 0.0769. The average molecular weight is 393 g/mol. The first-order valence-corrected chi connectivity index (χ1v) is 7.45. The lowest BCUT2D eigenvalue weighted by atomic mass is 10.3. The van der Waals surface area contributed by atoms with Gasteiger partial charge in [-0.3, -0.25) is 4.57 Å². The molecule has 0 aliphatic heterocycles. The van der Waals surface area contributed by atoms with Crippen molar-refractivity contribution in [1.82, 2.24) is 14.5 Å². The monoisotopic (exact) mass is 391 g/mol. The Labute approximate surface area is 136 Å². The number of aromatic nitrogens is 3. The van der Waals surface area contributed by atoms with Crippen LogP contribution in [0.15, 0.2) is 28.9 Å². The number of rotatable bonds is 2. The molecule has 0 aliphatic rings. The number of fused-ring (bicyclic) bond motifs is 1. The number of imidazole rings is 1. The zero-order chi connectivity index (χ0) is 15.1. The number of hydrogen-bond acceptors (Lipinski definition) is 2. The molecular formula is C13H6BrCl2F2N3. The maximum absolute atomic E-state index is 14.1. The van der Waals surface area contributed by atoms with Crippen LogP contribution in [0.25, 0.3) is 16.9 Å². The van der Waals surface area contributed by atoms with Crippen molar-refractivity contribution in [3.8, 4) is 5.69 Å². The van der Waals surface area contributed by atoms with Gasteiger partial charge in [0, 0.05) is 12.3 Å². The van der Waals surface area contributed by atoms with Crippen LogP contribution in [0, 0.1) is 11.6 Å². The Bertz CT molecular complexity index is 851. The van der Waals surface area contributed by atoms with Gasteiger partial charge in [0.15, 0.2) is 5.65 Å². The number of pyridine rings is 1. The highest BCUT2D eigenvalue weighted by Gasteiger charge is 2.18. The molecule has 0 amide bonds. The van der Waals surface area contributed by atoms with Crippen LogP contribution in [-0.4, -0.2) is 14.5 Å². The first-order chi connectivity index (χ1) is 10.0. The molecule has 0 spiro atoms. The van der Waals surface area contributed by atoms with Gasteiger partial charge in [0.2, 0.25) is 0 Å². The van der Waals surface area contributed by atoms with Gasteiger partial charge in [0.1, 0.15) is 23.0 Å². The molecule has 8 heteroatoms. The largest absolute Gasteiger partial charge is 0.277 e. The predicted octanol–water partition coefficient (Wildman–Crippen LogP) is 4.85. The van der Waals surface area contributed by atoms with Gasteiger partial charge in [0.25, 0.3) is 0 Å². The van der Waals surface area contributed by atoms with E-state index in [2.05, 4.69) is 25.9 Å². The van der Waals surface area contributed by atoms with Gasteiger partial charge >= 0.3 is 0 Å². The van der Waals surface area contributed by atoms with Crippen LogP contribution < -0.4 is 0 Å². The van der Waals surface area contributed by atoms with E-state index in [0.717, 1.165) is 6.07 Å². The molecule has 0 saturated heterocycles. The Morgan fingerprint density at radius 1 is 1.19 bits per heavy atom. The molecule has 0 saturated carbocycles. The highest BCUT2D eigenvalue weighted by molar-refractivity contribution is 9.10. The smallest absolute Gasteiger partial charge is 0.164 e. The van der Waals surface area contributed by atoms with Crippen molar-refractivity contribution in [3.05, 3.63) is 51.4 Å². The maximum Gasteiger partial charge on any atom is 0.164 e. The van der Waals surface area contributed by atoms with Crippen LogP contribution >= 0.6 is 39.1 Å². The quantitative estimate of drug-likeness (QED) is 0.460. The van der Waals surface area contributed by atoms with Crippen LogP contribution in [0.2, 0.25) is 5.02 Å². The highest BCUT2D eigenvalue weighted by atomic mass is 79.9. The van der Waals surface area contributed by atoms with Crippen LogP contribution in [-0.2, 0) is 5.88 Å². The SMILES string of the molecule is Fc1cc(F)c(-n2c(CCl)nc3cc(Cl)cnc32)cc1Br. The second-order valence-corrected chi connectivity index (χ2v) is 5.77. The van der Waals surface area contributed by atoms with Crippen LogP contribution in [0.1, 0.15) is 5.82 Å². The minimum absolute atomic E-state index is 0.0441. The predicted molar refractivity (Wildman–Crippen MR) is 81.0 cm³/mol. The molecule has 0 unspecified atom stereocenters. The Kier molecular flexibility index (Phi) is 3.86. The molecule has 0 bridgehead atoms. The Morgan fingerprint density at radius 3 is 2.67 bits per heavy atom. The van der Waals surface area contributed by atoms with Crippen molar-refractivity contribution in [1.29, 1.82) is 0 Å². The summed E-state index contributed by atoms with van der Waals surface area (Å²) in [4.78, 5) is 8.42. The summed E-state index contributed by atoms with van der Waals surface area (Å²) in [5, 5.41) is 0.411. The van der Waals surface area contributed by atoms with Gasteiger partial charge in [-0.05, 0) is 28.1 Å². The molecule has 108 valence electrons. The summed E-state index contributed by atoms with van der Waals surface area (Å²) in [7, 11) is 0. The van der Waals surface area contributed by atoms with Crippen LogP contribution in [0.4, 0.5) is 8.78 Å². The Balaban J connectivity index is 2.36. The third-order valence-corrected chi connectivity index (χ3v) is 3.94. The minimum atomic E-state index is -0.738. The van der Waals surface area contributed by atoms with Crippen molar-refractivity contribution in [2.24, 2.45) is 0 Å². The molecule has 21 heavy (non-hydrogen) atoms. The lowest BCUT2D eigenvalue weighted by Crippen LogP contribution is -2.04. The Morgan fingerprint density at radius 2 is 1.95 bits per heavy atom. The fourth-order valence-electron chi connectivity index (χ4n) is 2.01. The molecule has 2 aromatic heterocycles. The average Bonchev–Trinajstić information content (AvgIpc) is 2.80. The van der Waals surface area contributed by atoms with Crippen LogP contribution in [0.5, 0.6) is 0 Å². The molecule has 3 rings (SSSR count). The molecule has 1 aromatic carbocycles. The summed E-state index contributed by atoms with van der Waals surface area (Å²) in [6.45, 7) is 0. The van der Waals surface area contributed by atoms with E-state index in [1.165, 1.54) is 16.8 Å². The molecule has 3 aromatic rings. The summed E-state index contributed by atoms with van der Waals surface area (Å²) in [6.07, 6.45) is 1.43. The number of alkyl halides is 1. The maximum atomic E-state index is 14.1. The molecule has 0 radical (unpaired) electrons. The number of hydrogen-bond donors (Lipinski definition) is 0. The van der Waals surface area contributed by atoms with Gasteiger partial charge in [-0.15, -0.1) is 11.6 Å². The summed E-state index contributed by atoms with van der Waals surface area (Å²) in [5.41, 5.74) is 0.988. The first-order valence-electron chi connectivity index (χ1n) is 5.75. The third-order valence-electron chi connectivity index (χ3n) is 2.88. The number of nitrogens with zero attached hydrogens (tertiary/aromatic N) is 3. The van der Waals surface area contributed by atoms with Crippen molar-refractivity contribution in [2.45, 2.75) is 5.88 Å². The minimum Gasteiger partial charge on any atom is -0.277 e. The lowest BCUT2D eigenvalue weighted by molar-refractivity contribution is 0.573. The van der Waals surface area contributed by atoms with E-state index in [0.29, 0.717) is 22.0 Å². The first kappa shape index (κ1) is 14.7. The standard InChI is InChI=1S/C13H6BrCl2F2N3/c14-7-2-11(9(18)3-8(7)17)21-12(4-15)20-10-1-6(16)5-19-13(10)21/h1-3,5H,4H2. The summed E-state index contributed by atoms with van der Waals surface area (Å²) >= 11 is 14.8. The molecule has 0 atom stereocenters. The zero-order valence-corrected chi connectivity index (χ0v) is 13.3. The normalized spacial score (nSPS) is 11.3. The highest BCUT2D eigenvalue weighted by Crippen LogP contribution is 2.28. The van der Waals surface area contributed by atoms with E-state index < -0.39 is 11.6 Å². The number of benzene rings is 1. The topological polar surface area (TPSA) is 30.7 Å². The van der Waals surface area contributed by atoms with Gasteiger partial charge in [-0.1, -0.05) is 11.6 Å². The van der Waals surface area contributed by atoms with E-state index >= 15 is 0 Å². The second-order valence-electron chi connectivity index (χ2n) is 4.21. The van der Waals surface area contributed by atoms with Gasteiger partial charge in [-0.2, -0.15) is 0 Å².